The Morgan fingerprint density at radius 3 is 2.92 bits per heavy atom. The number of hydrogen-bond donors (Lipinski definition) is 3. The predicted molar refractivity (Wildman–Crippen MR) is 50.3 cm³/mol. The fourth-order valence-electron chi connectivity index (χ4n) is 1.46. The lowest BCUT2D eigenvalue weighted by Crippen LogP contribution is -2.42. The van der Waals surface area contributed by atoms with Crippen molar-refractivity contribution in [1.29, 1.82) is 0 Å². The maximum atomic E-state index is 11.6. The molecule has 1 aliphatic rings. The highest BCUT2D eigenvalue weighted by Gasteiger charge is 2.35. The molecule has 3 N–H and O–H groups in total. The molecule has 4 heteroatoms. The molecule has 0 saturated carbocycles. The van der Waals surface area contributed by atoms with Gasteiger partial charge in [0.15, 0.2) is 0 Å². The maximum Gasteiger partial charge on any atom is 0.227 e. The molecule has 76 valence electrons. The molecule has 0 aliphatic carbocycles. The van der Waals surface area contributed by atoms with E-state index in [1.54, 1.807) is 6.92 Å². The van der Waals surface area contributed by atoms with E-state index in [2.05, 4.69) is 10.6 Å². The van der Waals surface area contributed by atoms with Gasteiger partial charge in [0.25, 0.3) is 0 Å². The first-order valence-corrected chi connectivity index (χ1v) is 4.72. The normalized spacial score (nSPS) is 30.1. The van der Waals surface area contributed by atoms with Crippen molar-refractivity contribution in [2.75, 3.05) is 19.6 Å². The monoisotopic (exact) mass is 186 g/mol. The average molecular weight is 186 g/mol. The number of nitrogens with one attached hydrogen (secondary N) is 2. The van der Waals surface area contributed by atoms with E-state index < -0.39 is 6.10 Å². The first-order valence-electron chi connectivity index (χ1n) is 4.72. The number of carbonyl (C=O) groups excluding carboxylic acids is 1. The fraction of sp³-hybridized carbons (Fsp3) is 0.889. The minimum atomic E-state index is -0.470. The van der Waals surface area contributed by atoms with Crippen LogP contribution < -0.4 is 10.6 Å². The highest BCUT2D eigenvalue weighted by Crippen LogP contribution is 2.24. The van der Waals surface area contributed by atoms with Gasteiger partial charge in [-0.1, -0.05) is 0 Å². The summed E-state index contributed by atoms with van der Waals surface area (Å²) in [6.07, 6.45) is 0.403. The third-order valence-electron chi connectivity index (χ3n) is 2.47. The van der Waals surface area contributed by atoms with E-state index in [0.717, 1.165) is 19.5 Å². The van der Waals surface area contributed by atoms with Crippen molar-refractivity contribution in [2.45, 2.75) is 26.4 Å². The van der Waals surface area contributed by atoms with Crippen LogP contribution in [0.2, 0.25) is 0 Å². The minimum Gasteiger partial charge on any atom is -0.392 e. The smallest absolute Gasteiger partial charge is 0.227 e. The molecule has 13 heavy (non-hydrogen) atoms. The summed E-state index contributed by atoms with van der Waals surface area (Å²) in [5.41, 5.74) is -0.283. The molecule has 1 heterocycles. The second-order valence-corrected chi connectivity index (χ2v) is 4.05. The van der Waals surface area contributed by atoms with Gasteiger partial charge in [-0.2, -0.15) is 0 Å². The van der Waals surface area contributed by atoms with E-state index >= 15 is 0 Å². The van der Waals surface area contributed by atoms with Gasteiger partial charge >= 0.3 is 0 Å². The Kier molecular flexibility index (Phi) is 3.27. The summed E-state index contributed by atoms with van der Waals surface area (Å²) in [5.74, 6) is 0.0402. The second-order valence-electron chi connectivity index (χ2n) is 4.05. The van der Waals surface area contributed by atoms with Crippen LogP contribution in [0.1, 0.15) is 20.3 Å². The van der Waals surface area contributed by atoms with Crippen LogP contribution in [0.4, 0.5) is 0 Å². The van der Waals surface area contributed by atoms with Gasteiger partial charge in [-0.05, 0) is 26.8 Å². The molecule has 4 nitrogen and oxygen atoms in total. The van der Waals surface area contributed by atoms with Crippen molar-refractivity contribution >= 4 is 5.91 Å². The van der Waals surface area contributed by atoms with Gasteiger partial charge in [-0.25, -0.2) is 0 Å². The molecule has 1 rings (SSSR count). The zero-order valence-electron chi connectivity index (χ0n) is 8.26. The summed E-state index contributed by atoms with van der Waals surface area (Å²) >= 11 is 0. The Bertz CT molecular complexity index is 186. The van der Waals surface area contributed by atoms with E-state index in [1.165, 1.54) is 0 Å². The summed E-state index contributed by atoms with van der Waals surface area (Å²) < 4.78 is 0. The highest BCUT2D eigenvalue weighted by atomic mass is 16.3. The molecule has 0 spiro atoms. The standard InChI is InChI=1S/C9H18N2O2/c1-7(12)5-11-8(13)9(2)3-4-10-6-9/h7,10,12H,3-6H2,1-2H3,(H,11,13). The molecule has 2 unspecified atom stereocenters. The summed E-state index contributed by atoms with van der Waals surface area (Å²) in [5, 5.41) is 14.9. The molecule has 1 saturated heterocycles. The van der Waals surface area contributed by atoms with Gasteiger partial charge in [0.05, 0.1) is 11.5 Å². The number of carbonyl (C=O) groups is 1. The Morgan fingerprint density at radius 2 is 2.46 bits per heavy atom. The number of amides is 1. The largest absolute Gasteiger partial charge is 0.392 e. The molecule has 0 aromatic rings. The van der Waals surface area contributed by atoms with Crippen molar-refractivity contribution in [3.63, 3.8) is 0 Å². The summed E-state index contributed by atoms with van der Waals surface area (Å²) in [7, 11) is 0. The van der Waals surface area contributed by atoms with Crippen molar-refractivity contribution in [1.82, 2.24) is 10.6 Å². The number of aliphatic hydroxyl groups is 1. The molecular weight excluding hydrogens is 168 g/mol. The first kappa shape index (κ1) is 10.5. The third kappa shape index (κ3) is 2.67. The van der Waals surface area contributed by atoms with Gasteiger partial charge in [-0.15, -0.1) is 0 Å². The molecule has 1 fully saturated rings. The molecule has 2 atom stereocenters. The maximum absolute atomic E-state index is 11.6. The molecule has 1 aliphatic heterocycles. The third-order valence-corrected chi connectivity index (χ3v) is 2.47. The second kappa shape index (κ2) is 4.07. The zero-order valence-corrected chi connectivity index (χ0v) is 8.26. The fourth-order valence-corrected chi connectivity index (χ4v) is 1.46. The number of rotatable bonds is 3. The van der Waals surface area contributed by atoms with Crippen molar-refractivity contribution < 1.29 is 9.90 Å². The van der Waals surface area contributed by atoms with Crippen LogP contribution >= 0.6 is 0 Å². The van der Waals surface area contributed by atoms with E-state index in [1.807, 2.05) is 6.92 Å². The van der Waals surface area contributed by atoms with Crippen LogP contribution in [0.25, 0.3) is 0 Å². The van der Waals surface area contributed by atoms with Gasteiger partial charge in [0, 0.05) is 13.1 Å². The highest BCUT2D eigenvalue weighted by molar-refractivity contribution is 5.82. The predicted octanol–water partition coefficient (Wildman–Crippen LogP) is -0.517. The first-order chi connectivity index (χ1) is 6.04. The number of aliphatic hydroxyl groups excluding tert-OH is 1. The van der Waals surface area contributed by atoms with Gasteiger partial charge in [0.2, 0.25) is 5.91 Å². The molecule has 0 aromatic heterocycles. The summed E-state index contributed by atoms with van der Waals surface area (Å²) in [6, 6.07) is 0. The Labute approximate surface area is 78.7 Å². The average Bonchev–Trinajstić information content (AvgIpc) is 2.49. The van der Waals surface area contributed by atoms with Crippen LogP contribution in [0.5, 0.6) is 0 Å². The zero-order chi connectivity index (χ0) is 9.90. The van der Waals surface area contributed by atoms with Crippen LogP contribution in [0.15, 0.2) is 0 Å². The van der Waals surface area contributed by atoms with Gasteiger partial charge in [0.1, 0.15) is 0 Å². The Balaban J connectivity index is 2.38. The number of hydrogen-bond acceptors (Lipinski definition) is 3. The van der Waals surface area contributed by atoms with E-state index in [-0.39, 0.29) is 11.3 Å². The van der Waals surface area contributed by atoms with Crippen molar-refractivity contribution in [3.05, 3.63) is 0 Å². The van der Waals surface area contributed by atoms with Crippen molar-refractivity contribution in [2.24, 2.45) is 5.41 Å². The lowest BCUT2D eigenvalue weighted by atomic mass is 9.89. The Morgan fingerprint density at radius 1 is 1.77 bits per heavy atom. The SMILES string of the molecule is CC(O)CNC(=O)C1(C)CCNC1. The van der Waals surface area contributed by atoms with Gasteiger partial charge in [-0.3, -0.25) is 4.79 Å². The quantitative estimate of drug-likeness (QED) is 0.556. The molecule has 0 radical (unpaired) electrons. The minimum absolute atomic E-state index is 0.0402. The summed E-state index contributed by atoms with van der Waals surface area (Å²) in [6.45, 7) is 5.59. The van der Waals surface area contributed by atoms with Crippen molar-refractivity contribution in [3.8, 4) is 0 Å². The van der Waals surface area contributed by atoms with E-state index in [9.17, 15) is 4.79 Å². The molecule has 0 aromatic carbocycles. The lowest BCUT2D eigenvalue weighted by molar-refractivity contribution is -0.129. The molecule has 0 bridgehead atoms. The topological polar surface area (TPSA) is 61.4 Å². The molecular formula is C9H18N2O2. The van der Waals surface area contributed by atoms with Crippen LogP contribution in [0.3, 0.4) is 0 Å². The van der Waals surface area contributed by atoms with Crippen LogP contribution in [-0.4, -0.2) is 36.8 Å². The van der Waals surface area contributed by atoms with E-state index in [4.69, 9.17) is 5.11 Å². The lowest BCUT2D eigenvalue weighted by Gasteiger charge is -2.21. The van der Waals surface area contributed by atoms with Crippen LogP contribution in [0, 0.1) is 5.41 Å². The summed E-state index contributed by atoms with van der Waals surface area (Å²) in [4.78, 5) is 11.6. The van der Waals surface area contributed by atoms with E-state index in [0.29, 0.717) is 6.54 Å². The van der Waals surface area contributed by atoms with Gasteiger partial charge < -0.3 is 15.7 Å². The van der Waals surface area contributed by atoms with Crippen LogP contribution in [-0.2, 0) is 4.79 Å². The Hall–Kier alpha value is -0.610. The molecule has 1 amide bonds.